The van der Waals surface area contributed by atoms with E-state index in [1.807, 2.05) is 42.5 Å². The van der Waals surface area contributed by atoms with E-state index in [9.17, 15) is 9.59 Å². The van der Waals surface area contributed by atoms with Crippen molar-refractivity contribution in [1.29, 1.82) is 0 Å². The third-order valence-corrected chi connectivity index (χ3v) is 3.82. The number of allylic oxidation sites excluding steroid dienone is 2. The molecule has 27 heavy (non-hydrogen) atoms. The third kappa shape index (κ3) is 5.16. The lowest BCUT2D eigenvalue weighted by molar-refractivity contribution is -0.112. The van der Waals surface area contributed by atoms with Gasteiger partial charge in [0.15, 0.2) is 11.6 Å². The van der Waals surface area contributed by atoms with Gasteiger partial charge in [-0.15, -0.1) is 0 Å². The van der Waals surface area contributed by atoms with Gasteiger partial charge in [-0.25, -0.2) is 4.98 Å². The lowest BCUT2D eigenvalue weighted by Crippen LogP contribution is -1.94. The molecule has 0 aliphatic rings. The number of aliphatic imine (C=N–C) groups is 1. The smallest absolute Gasteiger partial charge is 0.187 e. The van der Waals surface area contributed by atoms with Crippen molar-refractivity contribution in [2.45, 2.75) is 6.92 Å². The second-order valence-electron chi connectivity index (χ2n) is 5.96. The van der Waals surface area contributed by atoms with E-state index in [1.54, 1.807) is 30.5 Å². The number of fused-ring (bicyclic) bond motifs is 1. The number of carbonyl (C=O) groups is 2. The summed E-state index contributed by atoms with van der Waals surface area (Å²) in [7, 11) is 0. The normalized spacial score (nSPS) is 11.7. The van der Waals surface area contributed by atoms with Crippen molar-refractivity contribution < 1.29 is 9.59 Å². The van der Waals surface area contributed by atoms with E-state index in [0.29, 0.717) is 5.56 Å². The Morgan fingerprint density at radius 1 is 0.963 bits per heavy atom. The Labute approximate surface area is 157 Å². The molecule has 0 aliphatic heterocycles. The fourth-order valence-electron chi connectivity index (χ4n) is 2.49. The summed E-state index contributed by atoms with van der Waals surface area (Å²) < 4.78 is 0. The Morgan fingerprint density at radius 3 is 2.67 bits per heavy atom. The Bertz CT molecular complexity index is 1080. The molecule has 0 saturated carbocycles. The SMILES string of the molecule is CC(=O)C=Cc1cccc(C(=O)C=CN=Cc2ccc3ccccc3n2)c1. The summed E-state index contributed by atoms with van der Waals surface area (Å²) in [5.41, 5.74) is 2.96. The van der Waals surface area contributed by atoms with Crippen LogP contribution in [0.15, 0.2) is 84.0 Å². The second kappa shape index (κ2) is 8.63. The number of benzene rings is 2. The molecule has 1 aromatic heterocycles. The van der Waals surface area contributed by atoms with Crippen LogP contribution in [0.1, 0.15) is 28.5 Å². The monoisotopic (exact) mass is 354 g/mol. The summed E-state index contributed by atoms with van der Waals surface area (Å²) in [5, 5.41) is 1.07. The van der Waals surface area contributed by atoms with Crippen LogP contribution in [-0.4, -0.2) is 22.8 Å². The number of hydrogen-bond acceptors (Lipinski definition) is 4. The summed E-state index contributed by atoms with van der Waals surface area (Å²) in [6, 6.07) is 18.8. The molecule has 0 saturated heterocycles. The molecule has 3 aromatic rings. The van der Waals surface area contributed by atoms with Gasteiger partial charge in [-0.05, 0) is 36.8 Å². The highest BCUT2D eigenvalue weighted by molar-refractivity contribution is 6.05. The maximum absolute atomic E-state index is 12.3. The predicted molar refractivity (Wildman–Crippen MR) is 109 cm³/mol. The van der Waals surface area contributed by atoms with Crippen molar-refractivity contribution in [2.24, 2.45) is 4.99 Å². The zero-order chi connectivity index (χ0) is 19.1. The molecule has 4 nitrogen and oxygen atoms in total. The highest BCUT2D eigenvalue weighted by atomic mass is 16.1. The number of rotatable bonds is 6. The van der Waals surface area contributed by atoms with Gasteiger partial charge in [-0.2, -0.15) is 0 Å². The van der Waals surface area contributed by atoms with Crippen molar-refractivity contribution in [1.82, 2.24) is 4.98 Å². The Balaban J connectivity index is 1.68. The molecule has 4 heteroatoms. The van der Waals surface area contributed by atoms with E-state index in [4.69, 9.17) is 0 Å². The summed E-state index contributed by atoms with van der Waals surface area (Å²) in [4.78, 5) is 31.9. The van der Waals surface area contributed by atoms with Crippen LogP contribution in [0.3, 0.4) is 0 Å². The van der Waals surface area contributed by atoms with E-state index < -0.39 is 0 Å². The number of para-hydroxylation sites is 1. The maximum atomic E-state index is 12.3. The summed E-state index contributed by atoms with van der Waals surface area (Å²) in [6.07, 6.45) is 7.64. The van der Waals surface area contributed by atoms with E-state index in [2.05, 4.69) is 9.98 Å². The molecule has 0 aliphatic carbocycles. The van der Waals surface area contributed by atoms with Crippen LogP contribution in [0.25, 0.3) is 17.0 Å². The summed E-state index contributed by atoms with van der Waals surface area (Å²) >= 11 is 0. The van der Waals surface area contributed by atoms with Crippen molar-refractivity contribution in [2.75, 3.05) is 0 Å². The molecule has 0 atom stereocenters. The largest absolute Gasteiger partial charge is 0.295 e. The number of hydrogen-bond donors (Lipinski definition) is 0. The average Bonchev–Trinajstić information content (AvgIpc) is 2.69. The van der Waals surface area contributed by atoms with Gasteiger partial charge in [0.25, 0.3) is 0 Å². The first-order chi connectivity index (χ1) is 13.1. The third-order valence-electron chi connectivity index (χ3n) is 3.82. The minimum Gasteiger partial charge on any atom is -0.295 e. The van der Waals surface area contributed by atoms with Gasteiger partial charge in [0.1, 0.15) is 0 Å². The second-order valence-corrected chi connectivity index (χ2v) is 5.96. The van der Waals surface area contributed by atoms with Gasteiger partial charge in [0.05, 0.1) is 17.4 Å². The fourth-order valence-corrected chi connectivity index (χ4v) is 2.49. The van der Waals surface area contributed by atoms with E-state index in [1.165, 1.54) is 25.3 Å². The van der Waals surface area contributed by atoms with Gasteiger partial charge in [-0.3, -0.25) is 14.6 Å². The molecule has 0 bridgehead atoms. The van der Waals surface area contributed by atoms with Crippen LogP contribution in [0.5, 0.6) is 0 Å². The van der Waals surface area contributed by atoms with Crippen LogP contribution < -0.4 is 0 Å². The minimum absolute atomic E-state index is 0.0386. The van der Waals surface area contributed by atoms with Crippen LogP contribution in [-0.2, 0) is 4.79 Å². The van der Waals surface area contributed by atoms with Gasteiger partial charge >= 0.3 is 0 Å². The van der Waals surface area contributed by atoms with Crippen LogP contribution in [0.4, 0.5) is 0 Å². The molecular weight excluding hydrogens is 336 g/mol. The van der Waals surface area contributed by atoms with Crippen molar-refractivity contribution in [3.63, 3.8) is 0 Å². The number of aromatic nitrogens is 1. The molecule has 132 valence electrons. The predicted octanol–water partition coefficient (Wildman–Crippen LogP) is 4.65. The molecule has 0 amide bonds. The molecule has 2 aromatic carbocycles. The first-order valence-corrected chi connectivity index (χ1v) is 8.50. The quantitative estimate of drug-likeness (QED) is 0.368. The molecule has 0 N–H and O–H groups in total. The molecule has 0 radical (unpaired) electrons. The standard InChI is InChI=1S/C23H18N2O2/c1-17(26)9-10-18-5-4-7-20(15-18)23(27)13-14-24-16-21-12-11-19-6-2-3-8-22(19)25-21/h2-16H,1H3. The zero-order valence-corrected chi connectivity index (χ0v) is 14.9. The average molecular weight is 354 g/mol. The first kappa shape index (κ1) is 18.1. The lowest BCUT2D eigenvalue weighted by atomic mass is 10.1. The van der Waals surface area contributed by atoms with Crippen molar-refractivity contribution in [3.05, 3.63) is 95.8 Å². The van der Waals surface area contributed by atoms with Crippen LogP contribution in [0, 0.1) is 0 Å². The summed E-state index contributed by atoms with van der Waals surface area (Å²) in [6.45, 7) is 1.48. The topological polar surface area (TPSA) is 59.4 Å². The van der Waals surface area contributed by atoms with Gasteiger partial charge < -0.3 is 0 Å². The van der Waals surface area contributed by atoms with Gasteiger partial charge in [0, 0.05) is 23.2 Å². The van der Waals surface area contributed by atoms with Gasteiger partial charge in [-0.1, -0.05) is 48.5 Å². The Hall–Kier alpha value is -3.66. The van der Waals surface area contributed by atoms with Crippen molar-refractivity contribution in [3.8, 4) is 0 Å². The molecule has 0 spiro atoms. The van der Waals surface area contributed by atoms with E-state index >= 15 is 0 Å². The number of carbonyl (C=O) groups excluding carboxylic acids is 2. The van der Waals surface area contributed by atoms with E-state index in [-0.39, 0.29) is 11.6 Å². The lowest BCUT2D eigenvalue weighted by Gasteiger charge is -1.98. The highest BCUT2D eigenvalue weighted by Crippen LogP contribution is 2.11. The molecule has 0 fully saturated rings. The molecular formula is C23H18N2O2. The van der Waals surface area contributed by atoms with Gasteiger partial charge in [0.2, 0.25) is 0 Å². The fraction of sp³-hybridized carbons (Fsp3) is 0.0435. The number of pyridine rings is 1. The Kier molecular flexibility index (Phi) is 5.80. The minimum atomic E-state index is -0.156. The number of ketones is 2. The van der Waals surface area contributed by atoms with Crippen LogP contribution in [0.2, 0.25) is 0 Å². The maximum Gasteiger partial charge on any atom is 0.187 e. The number of nitrogens with zero attached hydrogens (tertiary/aromatic N) is 2. The molecule has 0 unspecified atom stereocenters. The van der Waals surface area contributed by atoms with E-state index in [0.717, 1.165) is 22.2 Å². The molecule has 1 heterocycles. The first-order valence-electron chi connectivity index (χ1n) is 8.50. The Morgan fingerprint density at radius 2 is 1.81 bits per heavy atom. The molecule has 3 rings (SSSR count). The van der Waals surface area contributed by atoms with Crippen LogP contribution >= 0.6 is 0 Å². The zero-order valence-electron chi connectivity index (χ0n) is 14.9. The summed E-state index contributed by atoms with van der Waals surface area (Å²) in [5.74, 6) is -0.194. The van der Waals surface area contributed by atoms with Crippen molar-refractivity contribution >= 4 is 34.8 Å². The highest BCUT2D eigenvalue weighted by Gasteiger charge is 2.01.